The second-order valence-corrected chi connectivity index (χ2v) is 10.2. The number of rotatable bonds is 1. The molecule has 0 saturated heterocycles. The standard InChI is InChI=1S/C20H18Si/c1-21(17-10-3-2-4-11-17)15-16-9-5-6-12-18(16)19-13-7-8-14-20(19)21/h2-14H,15H2,1H3. The summed E-state index contributed by atoms with van der Waals surface area (Å²) in [5.41, 5.74) is 4.38. The number of hydrogen-bond acceptors (Lipinski definition) is 0. The van der Waals surface area contributed by atoms with Crippen molar-refractivity contribution in [1.29, 1.82) is 0 Å². The predicted molar refractivity (Wildman–Crippen MR) is 92.9 cm³/mol. The molecule has 4 rings (SSSR count). The van der Waals surface area contributed by atoms with E-state index in [0.717, 1.165) is 0 Å². The third kappa shape index (κ3) is 1.89. The van der Waals surface area contributed by atoms with E-state index in [-0.39, 0.29) is 0 Å². The molecule has 0 aromatic heterocycles. The van der Waals surface area contributed by atoms with Crippen LogP contribution >= 0.6 is 0 Å². The molecule has 0 spiro atoms. The van der Waals surface area contributed by atoms with Crippen LogP contribution in [0.25, 0.3) is 11.1 Å². The summed E-state index contributed by atoms with van der Waals surface area (Å²) in [5.74, 6) is 0. The third-order valence-corrected chi connectivity index (χ3v) is 9.10. The normalized spacial score (nSPS) is 19.7. The highest BCUT2D eigenvalue weighted by Gasteiger charge is 2.37. The summed E-state index contributed by atoms with van der Waals surface area (Å²) in [6.07, 6.45) is 0. The summed E-state index contributed by atoms with van der Waals surface area (Å²) in [7, 11) is -1.68. The molecule has 0 saturated carbocycles. The first-order valence-corrected chi connectivity index (χ1v) is 10.2. The zero-order valence-electron chi connectivity index (χ0n) is 12.2. The van der Waals surface area contributed by atoms with Crippen molar-refractivity contribution in [2.45, 2.75) is 12.6 Å². The molecule has 3 aromatic carbocycles. The molecular formula is C20H18Si. The molecule has 0 N–H and O–H groups in total. The van der Waals surface area contributed by atoms with Crippen molar-refractivity contribution >= 4 is 18.4 Å². The lowest BCUT2D eigenvalue weighted by Crippen LogP contribution is -2.59. The van der Waals surface area contributed by atoms with E-state index in [9.17, 15) is 0 Å². The first-order chi connectivity index (χ1) is 10.3. The van der Waals surface area contributed by atoms with Crippen LogP contribution in [0.4, 0.5) is 0 Å². The first kappa shape index (κ1) is 12.6. The molecule has 1 unspecified atom stereocenters. The van der Waals surface area contributed by atoms with Crippen LogP contribution in [0.1, 0.15) is 5.56 Å². The Labute approximate surface area is 127 Å². The Morgan fingerprint density at radius 1 is 0.667 bits per heavy atom. The molecule has 3 aromatic rings. The molecule has 1 aliphatic rings. The molecule has 0 nitrogen and oxygen atoms in total. The van der Waals surface area contributed by atoms with Gasteiger partial charge in [0.05, 0.1) is 0 Å². The van der Waals surface area contributed by atoms with Gasteiger partial charge in [0.2, 0.25) is 0 Å². The fourth-order valence-electron chi connectivity index (χ4n) is 3.68. The quantitative estimate of drug-likeness (QED) is 0.599. The molecule has 0 aliphatic carbocycles. The fraction of sp³-hybridized carbons (Fsp3) is 0.100. The monoisotopic (exact) mass is 286 g/mol. The van der Waals surface area contributed by atoms with Crippen LogP contribution in [0.5, 0.6) is 0 Å². The van der Waals surface area contributed by atoms with Crippen LogP contribution in [-0.4, -0.2) is 8.07 Å². The minimum atomic E-state index is -1.68. The highest BCUT2D eigenvalue weighted by molar-refractivity contribution is 7.02. The maximum absolute atomic E-state index is 2.51. The van der Waals surface area contributed by atoms with Crippen LogP contribution in [0.3, 0.4) is 0 Å². The molecule has 1 atom stereocenters. The molecule has 0 bridgehead atoms. The topological polar surface area (TPSA) is 0 Å². The van der Waals surface area contributed by atoms with Crippen molar-refractivity contribution in [3.8, 4) is 11.1 Å². The Morgan fingerprint density at radius 2 is 1.29 bits per heavy atom. The van der Waals surface area contributed by atoms with Crippen molar-refractivity contribution in [2.75, 3.05) is 0 Å². The first-order valence-electron chi connectivity index (χ1n) is 7.52. The highest BCUT2D eigenvalue weighted by Crippen LogP contribution is 2.31. The van der Waals surface area contributed by atoms with Crippen molar-refractivity contribution in [2.24, 2.45) is 0 Å². The summed E-state index contributed by atoms with van der Waals surface area (Å²) in [5, 5.41) is 3.11. The highest BCUT2D eigenvalue weighted by atomic mass is 28.3. The number of fused-ring (bicyclic) bond motifs is 3. The molecule has 102 valence electrons. The van der Waals surface area contributed by atoms with Gasteiger partial charge in [-0.2, -0.15) is 0 Å². The van der Waals surface area contributed by atoms with Crippen LogP contribution in [0.15, 0.2) is 78.9 Å². The van der Waals surface area contributed by atoms with Crippen LogP contribution in [0.2, 0.25) is 6.55 Å². The van der Waals surface area contributed by atoms with Crippen LogP contribution in [-0.2, 0) is 6.04 Å². The van der Waals surface area contributed by atoms with Gasteiger partial charge in [0.15, 0.2) is 0 Å². The van der Waals surface area contributed by atoms with Gasteiger partial charge in [0, 0.05) is 0 Å². The molecule has 1 heterocycles. The summed E-state index contributed by atoms with van der Waals surface area (Å²) < 4.78 is 0. The van der Waals surface area contributed by atoms with Gasteiger partial charge in [-0.05, 0) is 27.9 Å². The second-order valence-electron chi connectivity index (χ2n) is 6.08. The predicted octanol–water partition coefficient (Wildman–Crippen LogP) is 3.64. The van der Waals surface area contributed by atoms with Crippen molar-refractivity contribution in [1.82, 2.24) is 0 Å². The average Bonchev–Trinajstić information content (AvgIpc) is 2.56. The van der Waals surface area contributed by atoms with E-state index in [2.05, 4.69) is 85.4 Å². The minimum absolute atomic E-state index is 1.20. The van der Waals surface area contributed by atoms with Gasteiger partial charge in [-0.15, -0.1) is 0 Å². The van der Waals surface area contributed by atoms with Gasteiger partial charge in [-0.25, -0.2) is 0 Å². The Kier molecular flexibility index (Phi) is 2.83. The Balaban J connectivity index is 2.01. The summed E-state index contributed by atoms with van der Waals surface area (Å²) in [6.45, 7) is 2.51. The van der Waals surface area contributed by atoms with Crippen molar-refractivity contribution in [3.05, 3.63) is 84.4 Å². The average molecular weight is 286 g/mol. The zero-order valence-corrected chi connectivity index (χ0v) is 13.2. The van der Waals surface area contributed by atoms with Gasteiger partial charge >= 0.3 is 0 Å². The molecule has 0 amide bonds. The molecule has 0 radical (unpaired) electrons. The summed E-state index contributed by atoms with van der Waals surface area (Å²) in [6, 6.07) is 30.2. The van der Waals surface area contributed by atoms with Crippen LogP contribution in [0, 0.1) is 0 Å². The van der Waals surface area contributed by atoms with Gasteiger partial charge < -0.3 is 0 Å². The molecule has 1 heteroatoms. The van der Waals surface area contributed by atoms with E-state index in [1.165, 1.54) is 27.9 Å². The summed E-state index contributed by atoms with van der Waals surface area (Å²) >= 11 is 0. The molecule has 21 heavy (non-hydrogen) atoms. The van der Waals surface area contributed by atoms with Crippen molar-refractivity contribution < 1.29 is 0 Å². The third-order valence-electron chi connectivity index (χ3n) is 4.78. The second kappa shape index (κ2) is 4.71. The van der Waals surface area contributed by atoms with Gasteiger partial charge in [0.1, 0.15) is 8.07 Å². The fourth-order valence-corrected chi connectivity index (χ4v) is 7.66. The van der Waals surface area contributed by atoms with E-state index in [4.69, 9.17) is 0 Å². The molecule has 0 fully saturated rings. The lowest BCUT2D eigenvalue weighted by Gasteiger charge is -2.36. The maximum atomic E-state index is 2.51. The van der Waals surface area contributed by atoms with E-state index in [1.54, 1.807) is 5.19 Å². The van der Waals surface area contributed by atoms with Gasteiger partial charge in [0.25, 0.3) is 0 Å². The Bertz CT molecular complexity index is 792. The van der Waals surface area contributed by atoms with E-state index in [1.807, 2.05) is 0 Å². The van der Waals surface area contributed by atoms with Crippen LogP contribution < -0.4 is 10.4 Å². The van der Waals surface area contributed by atoms with E-state index < -0.39 is 8.07 Å². The smallest absolute Gasteiger partial charge is 0.0626 e. The number of benzene rings is 3. The minimum Gasteiger partial charge on any atom is -0.0626 e. The zero-order chi connectivity index (χ0) is 14.3. The van der Waals surface area contributed by atoms with E-state index in [0.29, 0.717) is 0 Å². The lowest BCUT2D eigenvalue weighted by atomic mass is 10.00. The maximum Gasteiger partial charge on any atom is 0.120 e. The van der Waals surface area contributed by atoms with Gasteiger partial charge in [-0.1, -0.05) is 90.6 Å². The molecule has 1 aliphatic heterocycles. The summed E-state index contributed by atoms with van der Waals surface area (Å²) in [4.78, 5) is 0. The van der Waals surface area contributed by atoms with Gasteiger partial charge in [-0.3, -0.25) is 0 Å². The van der Waals surface area contributed by atoms with Crippen molar-refractivity contribution in [3.63, 3.8) is 0 Å². The van der Waals surface area contributed by atoms with E-state index >= 15 is 0 Å². The largest absolute Gasteiger partial charge is 0.120 e. The Hall–Kier alpha value is -2.12. The Morgan fingerprint density at radius 3 is 2.10 bits per heavy atom. The number of hydrogen-bond donors (Lipinski definition) is 0. The SMILES string of the molecule is C[Si]1(c2ccccc2)Cc2ccccc2-c2ccccc21. The lowest BCUT2D eigenvalue weighted by molar-refractivity contribution is 1.31. The molecular weight excluding hydrogens is 268 g/mol.